The normalized spacial score (nSPS) is 12.8. The Labute approximate surface area is 115 Å². The van der Waals surface area contributed by atoms with E-state index in [1.54, 1.807) is 6.07 Å². The van der Waals surface area contributed by atoms with Crippen molar-refractivity contribution in [1.29, 1.82) is 0 Å². The molecule has 0 unspecified atom stereocenters. The smallest absolute Gasteiger partial charge is 0.405 e. The van der Waals surface area contributed by atoms with Crippen molar-refractivity contribution in [3.63, 3.8) is 0 Å². The maximum atomic E-state index is 12.2. The van der Waals surface area contributed by atoms with E-state index >= 15 is 0 Å². The van der Waals surface area contributed by atoms with Gasteiger partial charge in [0.25, 0.3) is 0 Å². The summed E-state index contributed by atoms with van der Waals surface area (Å²) >= 11 is 0. The van der Waals surface area contributed by atoms with Gasteiger partial charge in [0, 0.05) is 12.1 Å². The van der Waals surface area contributed by atoms with Gasteiger partial charge >= 0.3 is 6.36 Å². The van der Waals surface area contributed by atoms with Crippen LogP contribution in [0.1, 0.15) is 25.3 Å². The van der Waals surface area contributed by atoms with Gasteiger partial charge in [0.1, 0.15) is 5.75 Å². The van der Waals surface area contributed by atoms with E-state index in [0.29, 0.717) is 6.42 Å². The third kappa shape index (κ3) is 5.48. The van der Waals surface area contributed by atoms with Crippen molar-refractivity contribution in [1.82, 2.24) is 5.32 Å². The summed E-state index contributed by atoms with van der Waals surface area (Å²) in [7, 11) is 0. The second-order valence-corrected chi connectivity index (χ2v) is 4.27. The molecule has 0 radical (unpaired) electrons. The molecule has 0 fully saturated rings. The number of hydrogen-bond acceptors (Lipinski definition) is 3. The topological polar surface area (TPSA) is 64.4 Å². The highest BCUT2D eigenvalue weighted by molar-refractivity contribution is 5.81. The van der Waals surface area contributed by atoms with E-state index in [0.717, 1.165) is 6.42 Å². The van der Waals surface area contributed by atoms with Crippen LogP contribution >= 0.6 is 0 Å². The van der Waals surface area contributed by atoms with Gasteiger partial charge in [-0.3, -0.25) is 4.79 Å². The lowest BCUT2D eigenvalue weighted by Crippen LogP contribution is -2.40. The molecule has 0 heterocycles. The first-order valence-corrected chi connectivity index (χ1v) is 6.20. The van der Waals surface area contributed by atoms with Crippen LogP contribution in [0.15, 0.2) is 24.3 Å². The van der Waals surface area contributed by atoms with Gasteiger partial charge < -0.3 is 15.8 Å². The van der Waals surface area contributed by atoms with Crippen molar-refractivity contribution < 1.29 is 22.7 Å². The highest BCUT2D eigenvalue weighted by Crippen LogP contribution is 2.26. The summed E-state index contributed by atoms with van der Waals surface area (Å²) in [4.78, 5) is 11.6. The average molecular weight is 290 g/mol. The van der Waals surface area contributed by atoms with Crippen LogP contribution in [0.3, 0.4) is 0 Å². The molecule has 0 spiro atoms. The fraction of sp³-hybridized carbons (Fsp3) is 0.462. The number of carbonyl (C=O) groups excluding carboxylic acids is 1. The van der Waals surface area contributed by atoms with Gasteiger partial charge in [0.2, 0.25) is 5.91 Å². The molecule has 0 saturated heterocycles. The van der Waals surface area contributed by atoms with Crippen molar-refractivity contribution in [2.45, 2.75) is 38.7 Å². The number of halogens is 3. The van der Waals surface area contributed by atoms with Gasteiger partial charge in [0.05, 0.1) is 6.04 Å². The van der Waals surface area contributed by atoms with E-state index in [9.17, 15) is 18.0 Å². The molecule has 3 N–H and O–H groups in total. The second-order valence-electron chi connectivity index (χ2n) is 4.27. The largest absolute Gasteiger partial charge is 0.573 e. The summed E-state index contributed by atoms with van der Waals surface area (Å²) in [6, 6.07) is 4.98. The Morgan fingerprint density at radius 1 is 1.40 bits per heavy atom. The molecule has 0 aliphatic rings. The first kappa shape index (κ1) is 16.3. The first-order chi connectivity index (χ1) is 9.33. The van der Waals surface area contributed by atoms with Crippen LogP contribution in [0.2, 0.25) is 0 Å². The van der Waals surface area contributed by atoms with E-state index in [1.165, 1.54) is 18.2 Å². The predicted octanol–water partition coefficient (Wildman–Crippen LogP) is 2.33. The zero-order chi connectivity index (χ0) is 15.2. The van der Waals surface area contributed by atoms with Crippen LogP contribution in [0, 0.1) is 0 Å². The highest BCUT2D eigenvalue weighted by atomic mass is 19.4. The number of hydrogen-bond donors (Lipinski definition) is 2. The third-order valence-electron chi connectivity index (χ3n) is 2.59. The minimum Gasteiger partial charge on any atom is -0.405 e. The number of nitrogens with one attached hydrogen (secondary N) is 1. The molecular formula is C13H17F3N2O2. The highest BCUT2D eigenvalue weighted by Gasteiger charge is 2.32. The summed E-state index contributed by atoms with van der Waals surface area (Å²) in [5.41, 5.74) is 5.85. The molecule has 1 amide bonds. The standard InChI is InChI=1S/C13H17F3N2O2/c1-2-5-10(17)12(19)18-8-9-6-3-4-7-11(9)20-13(14,15)16/h3-4,6-7,10H,2,5,8,17H2,1H3,(H,18,19)/t10-/m0/s1. The lowest BCUT2D eigenvalue weighted by Gasteiger charge is -2.15. The number of nitrogens with two attached hydrogens (primary N) is 1. The number of benzene rings is 1. The molecule has 112 valence electrons. The quantitative estimate of drug-likeness (QED) is 0.845. The van der Waals surface area contributed by atoms with Gasteiger partial charge in [-0.2, -0.15) is 0 Å². The summed E-state index contributed by atoms with van der Waals surface area (Å²) in [6.45, 7) is 1.82. The summed E-state index contributed by atoms with van der Waals surface area (Å²) in [5.74, 6) is -0.724. The molecule has 0 bridgehead atoms. The van der Waals surface area contributed by atoms with Gasteiger partial charge in [0.15, 0.2) is 0 Å². The lowest BCUT2D eigenvalue weighted by atomic mass is 10.1. The summed E-state index contributed by atoms with van der Waals surface area (Å²) in [5, 5.41) is 2.50. The number of alkyl halides is 3. The molecule has 0 saturated carbocycles. The van der Waals surface area contributed by atoms with Crippen molar-refractivity contribution >= 4 is 5.91 Å². The van der Waals surface area contributed by atoms with E-state index in [2.05, 4.69) is 10.1 Å². The molecule has 4 nitrogen and oxygen atoms in total. The molecule has 0 aliphatic heterocycles. The Bertz CT molecular complexity index is 449. The minimum absolute atomic E-state index is 0.0670. The van der Waals surface area contributed by atoms with Crippen LogP contribution in [-0.2, 0) is 11.3 Å². The van der Waals surface area contributed by atoms with Gasteiger partial charge in [-0.15, -0.1) is 13.2 Å². The van der Waals surface area contributed by atoms with Crippen LogP contribution < -0.4 is 15.8 Å². The van der Waals surface area contributed by atoms with E-state index in [-0.39, 0.29) is 17.9 Å². The molecular weight excluding hydrogens is 273 g/mol. The number of amides is 1. The SMILES string of the molecule is CCC[C@H](N)C(=O)NCc1ccccc1OC(F)(F)F. The molecule has 1 aromatic carbocycles. The molecule has 7 heteroatoms. The molecule has 1 aromatic rings. The summed E-state index contributed by atoms with van der Waals surface area (Å²) in [6.07, 6.45) is -3.49. The van der Waals surface area contributed by atoms with Gasteiger partial charge in [-0.25, -0.2) is 0 Å². The number of rotatable bonds is 6. The monoisotopic (exact) mass is 290 g/mol. The Morgan fingerprint density at radius 2 is 2.05 bits per heavy atom. The van der Waals surface area contributed by atoms with Crippen LogP contribution in [0.25, 0.3) is 0 Å². The van der Waals surface area contributed by atoms with E-state index in [1.807, 2.05) is 6.92 Å². The van der Waals surface area contributed by atoms with Crippen molar-refractivity contribution in [2.75, 3.05) is 0 Å². The van der Waals surface area contributed by atoms with E-state index in [4.69, 9.17) is 5.73 Å². The Balaban J connectivity index is 2.66. The molecule has 1 rings (SSSR count). The molecule has 0 aliphatic carbocycles. The molecule has 0 aromatic heterocycles. The zero-order valence-corrected chi connectivity index (χ0v) is 11.0. The fourth-order valence-electron chi connectivity index (χ4n) is 1.63. The molecule has 1 atom stereocenters. The van der Waals surface area contributed by atoms with Crippen molar-refractivity contribution in [3.05, 3.63) is 29.8 Å². The van der Waals surface area contributed by atoms with Gasteiger partial charge in [-0.05, 0) is 12.5 Å². The fourth-order valence-corrected chi connectivity index (χ4v) is 1.63. The first-order valence-electron chi connectivity index (χ1n) is 6.20. The maximum absolute atomic E-state index is 12.2. The number of carbonyl (C=O) groups is 1. The summed E-state index contributed by atoms with van der Waals surface area (Å²) < 4.78 is 40.5. The van der Waals surface area contributed by atoms with Crippen LogP contribution in [0.4, 0.5) is 13.2 Å². The second kappa shape index (κ2) is 7.14. The Hall–Kier alpha value is -1.76. The predicted molar refractivity (Wildman–Crippen MR) is 67.9 cm³/mol. The van der Waals surface area contributed by atoms with Crippen molar-refractivity contribution in [2.24, 2.45) is 5.73 Å². The number of ether oxygens (including phenoxy) is 1. The van der Waals surface area contributed by atoms with Crippen molar-refractivity contribution in [3.8, 4) is 5.75 Å². The average Bonchev–Trinajstić information content (AvgIpc) is 2.35. The number of para-hydroxylation sites is 1. The third-order valence-corrected chi connectivity index (χ3v) is 2.59. The molecule has 20 heavy (non-hydrogen) atoms. The minimum atomic E-state index is -4.77. The van der Waals surface area contributed by atoms with Gasteiger partial charge in [-0.1, -0.05) is 31.5 Å². The zero-order valence-electron chi connectivity index (χ0n) is 11.0. The Morgan fingerprint density at radius 3 is 2.65 bits per heavy atom. The Kier molecular flexibility index (Phi) is 5.82. The van der Waals surface area contributed by atoms with Crippen LogP contribution in [-0.4, -0.2) is 18.3 Å². The van der Waals surface area contributed by atoms with Crippen LogP contribution in [0.5, 0.6) is 5.75 Å². The van der Waals surface area contributed by atoms with E-state index < -0.39 is 18.3 Å². The maximum Gasteiger partial charge on any atom is 0.573 e. The lowest BCUT2D eigenvalue weighted by molar-refractivity contribution is -0.274.